The van der Waals surface area contributed by atoms with E-state index < -0.39 is 11.9 Å². The number of nitrogens with one attached hydrogen (secondary N) is 3. The summed E-state index contributed by atoms with van der Waals surface area (Å²) in [6, 6.07) is 6.89. The van der Waals surface area contributed by atoms with E-state index in [1.807, 2.05) is 13.0 Å². The lowest BCUT2D eigenvalue weighted by Gasteiger charge is -2.32. The highest BCUT2D eigenvalue weighted by Crippen LogP contribution is 2.36. The van der Waals surface area contributed by atoms with Crippen LogP contribution >= 0.6 is 0 Å². The van der Waals surface area contributed by atoms with Crippen molar-refractivity contribution in [1.82, 2.24) is 24.8 Å². The number of nitrogens with zero attached hydrogens (tertiary/aromatic N) is 4. The van der Waals surface area contributed by atoms with Crippen molar-refractivity contribution in [2.24, 2.45) is 17.8 Å². The minimum Gasteiger partial charge on any atom is -0.465 e. The number of imidazole rings is 1. The molecule has 1 amide bonds. The number of hydrogen-bond acceptors (Lipinski definition) is 6. The molecule has 208 valence electrons. The molecule has 2 aliphatic rings. The number of rotatable bonds is 8. The molecule has 0 spiro atoms. The zero-order chi connectivity index (χ0) is 27.7. The molecule has 3 aromatic rings. The van der Waals surface area contributed by atoms with Gasteiger partial charge in [0.1, 0.15) is 17.2 Å². The summed E-state index contributed by atoms with van der Waals surface area (Å²) in [5, 5.41) is 23.1. The van der Waals surface area contributed by atoms with E-state index in [9.17, 15) is 14.3 Å². The summed E-state index contributed by atoms with van der Waals surface area (Å²) in [5.74, 6) is 1.82. The quantitative estimate of drug-likeness (QED) is 0.203. The van der Waals surface area contributed by atoms with Crippen molar-refractivity contribution in [2.75, 3.05) is 5.32 Å². The third-order valence-electron chi connectivity index (χ3n) is 8.64. The van der Waals surface area contributed by atoms with Crippen LogP contribution in [0.1, 0.15) is 88.8 Å². The molecule has 2 heterocycles. The Morgan fingerprint density at radius 1 is 1.13 bits per heavy atom. The van der Waals surface area contributed by atoms with E-state index in [0.717, 1.165) is 43.7 Å². The molecule has 0 radical (unpaired) electrons. The molecule has 5 rings (SSSR count). The van der Waals surface area contributed by atoms with E-state index in [1.165, 1.54) is 25.3 Å². The fourth-order valence-corrected chi connectivity index (χ4v) is 5.95. The first-order valence-corrected chi connectivity index (χ1v) is 14.1. The van der Waals surface area contributed by atoms with E-state index >= 15 is 0 Å². The molecule has 2 saturated carbocycles. The Bertz CT molecular complexity index is 1360. The summed E-state index contributed by atoms with van der Waals surface area (Å²) in [7, 11) is 0. The van der Waals surface area contributed by atoms with Gasteiger partial charge in [0.05, 0.1) is 0 Å². The number of halogens is 1. The fraction of sp³-hybridized carbons (Fsp3) is 0.552. The van der Waals surface area contributed by atoms with Crippen LogP contribution in [0, 0.1) is 29.0 Å². The monoisotopic (exact) mass is 535 g/mol. The number of fused-ring (bicyclic) bond motifs is 1. The largest absolute Gasteiger partial charge is 0.465 e. The summed E-state index contributed by atoms with van der Waals surface area (Å²) in [6.07, 6.45) is 6.71. The molecule has 2 aliphatic carbocycles. The second kappa shape index (κ2) is 11.3. The van der Waals surface area contributed by atoms with Crippen molar-refractivity contribution in [3.05, 3.63) is 47.3 Å². The molecule has 0 bridgehead atoms. The van der Waals surface area contributed by atoms with E-state index in [2.05, 4.69) is 39.0 Å². The lowest BCUT2D eigenvalue weighted by Crippen LogP contribution is -2.33. The Balaban J connectivity index is 1.65. The highest BCUT2D eigenvalue weighted by atomic mass is 19.1. The van der Waals surface area contributed by atoms with Gasteiger partial charge in [0.2, 0.25) is 0 Å². The Morgan fingerprint density at radius 2 is 1.85 bits per heavy atom. The van der Waals surface area contributed by atoms with Crippen molar-refractivity contribution in [1.29, 1.82) is 5.41 Å². The van der Waals surface area contributed by atoms with Crippen LogP contribution in [-0.4, -0.2) is 42.6 Å². The normalized spacial score (nSPS) is 21.2. The lowest BCUT2D eigenvalue weighted by molar-refractivity contribution is 0.200. The van der Waals surface area contributed by atoms with Gasteiger partial charge in [-0.05, 0) is 62.0 Å². The number of benzene rings is 1. The Morgan fingerprint density at radius 3 is 2.49 bits per heavy atom. The van der Waals surface area contributed by atoms with Crippen molar-refractivity contribution < 1.29 is 14.3 Å². The molecule has 2 aromatic heterocycles. The second-order valence-electron chi connectivity index (χ2n) is 11.4. The predicted molar refractivity (Wildman–Crippen MR) is 149 cm³/mol. The second-order valence-corrected chi connectivity index (χ2v) is 11.4. The van der Waals surface area contributed by atoms with E-state index in [0.29, 0.717) is 34.7 Å². The summed E-state index contributed by atoms with van der Waals surface area (Å²) in [4.78, 5) is 25.3. The number of carbonyl (C=O) groups is 1. The number of carboxylic acid groups (broad SMARTS) is 1. The Labute approximate surface area is 228 Å². The molecule has 0 aliphatic heterocycles. The number of anilines is 1. The van der Waals surface area contributed by atoms with Gasteiger partial charge < -0.3 is 15.0 Å². The summed E-state index contributed by atoms with van der Waals surface area (Å²) in [6.45, 7) is 7.10. The highest BCUT2D eigenvalue weighted by Gasteiger charge is 2.30. The Hall–Kier alpha value is -3.56. The van der Waals surface area contributed by atoms with Gasteiger partial charge in [0, 0.05) is 18.5 Å². The van der Waals surface area contributed by atoms with Crippen molar-refractivity contribution >= 4 is 28.9 Å². The molecule has 9 nitrogen and oxygen atoms in total. The molecule has 10 heteroatoms. The molecular formula is C29H38FN7O2. The molecule has 2 atom stereocenters. The van der Waals surface area contributed by atoms with Gasteiger partial charge in [-0.2, -0.15) is 0 Å². The number of aromatic nitrogens is 4. The van der Waals surface area contributed by atoms with Crippen molar-refractivity contribution in [3.8, 4) is 0 Å². The van der Waals surface area contributed by atoms with Crippen LogP contribution in [-0.2, 0) is 6.54 Å². The maximum atomic E-state index is 14.9. The minimum atomic E-state index is -1.35. The third-order valence-corrected chi connectivity index (χ3v) is 8.64. The predicted octanol–water partition coefficient (Wildman–Crippen LogP) is 6.14. The van der Waals surface area contributed by atoms with Crippen LogP contribution in [0.5, 0.6) is 0 Å². The van der Waals surface area contributed by atoms with Crippen LogP contribution in [0.25, 0.3) is 11.2 Å². The van der Waals surface area contributed by atoms with E-state index in [4.69, 9.17) is 10.4 Å². The third kappa shape index (κ3) is 5.74. The van der Waals surface area contributed by atoms with Crippen LogP contribution in [0.15, 0.2) is 24.3 Å². The van der Waals surface area contributed by atoms with Crippen LogP contribution in [0.3, 0.4) is 0 Å². The first-order chi connectivity index (χ1) is 18.7. The van der Waals surface area contributed by atoms with Gasteiger partial charge in [-0.3, -0.25) is 10.7 Å². The average molecular weight is 536 g/mol. The number of amidine groups is 1. The van der Waals surface area contributed by atoms with Gasteiger partial charge in [0.25, 0.3) is 0 Å². The molecule has 2 fully saturated rings. The maximum Gasteiger partial charge on any atom is 0.410 e. The van der Waals surface area contributed by atoms with Crippen molar-refractivity contribution in [2.45, 2.75) is 84.2 Å². The smallest absolute Gasteiger partial charge is 0.410 e. The standard InChI is InChI=1S/C29H38FN7O2/c1-16-11-13-19(14-12-16)15-37-23-25(32-18(3)20-7-6-8-20)34-27(24(31)33-29(38)39)35-26(23)36-28(37)17(2)21-9-4-5-10-22(21)30/h4-5,9-10,16-20H,6-8,11-15H2,1-3H3,(H2,31,33)(H,38,39)(H,32,34,35)/t16-,17?,18-,19-/m1/s1. The SMILES string of the molecule is CC(c1ccccc1F)c1nc2nc(C(=N)NC(=O)O)nc(N[C@H](C)C3CCC3)c2n1C[C@H]1CC[C@H](C)CC1. The number of hydrogen-bond donors (Lipinski definition) is 4. The first-order valence-electron chi connectivity index (χ1n) is 14.1. The highest BCUT2D eigenvalue weighted by molar-refractivity contribution is 6.03. The minimum absolute atomic E-state index is 0.0468. The van der Waals surface area contributed by atoms with Gasteiger partial charge in [-0.1, -0.05) is 51.3 Å². The summed E-state index contributed by atoms with van der Waals surface area (Å²) < 4.78 is 17.1. The first kappa shape index (κ1) is 27.0. The summed E-state index contributed by atoms with van der Waals surface area (Å²) >= 11 is 0. The van der Waals surface area contributed by atoms with Crippen LogP contribution < -0.4 is 10.6 Å². The lowest BCUT2D eigenvalue weighted by atomic mass is 9.80. The van der Waals surface area contributed by atoms with Gasteiger partial charge >= 0.3 is 6.09 Å². The van der Waals surface area contributed by atoms with Gasteiger partial charge in [-0.25, -0.2) is 24.1 Å². The molecule has 1 unspecified atom stereocenters. The number of amides is 1. The fourth-order valence-electron chi connectivity index (χ4n) is 5.95. The molecule has 1 aromatic carbocycles. The maximum absolute atomic E-state index is 14.9. The van der Waals surface area contributed by atoms with Gasteiger partial charge in [-0.15, -0.1) is 0 Å². The molecular weight excluding hydrogens is 497 g/mol. The molecule has 39 heavy (non-hydrogen) atoms. The molecule has 0 saturated heterocycles. The summed E-state index contributed by atoms with van der Waals surface area (Å²) in [5.41, 5.74) is 1.66. The van der Waals surface area contributed by atoms with Gasteiger partial charge in [0.15, 0.2) is 23.1 Å². The topological polar surface area (TPSA) is 129 Å². The average Bonchev–Trinajstić information content (AvgIpc) is 3.22. The Kier molecular flexibility index (Phi) is 7.81. The van der Waals surface area contributed by atoms with Crippen molar-refractivity contribution in [3.63, 3.8) is 0 Å². The van der Waals surface area contributed by atoms with Crippen LogP contribution in [0.4, 0.5) is 15.0 Å². The zero-order valence-corrected chi connectivity index (χ0v) is 22.9. The van der Waals surface area contributed by atoms with Crippen LogP contribution in [0.2, 0.25) is 0 Å². The van der Waals surface area contributed by atoms with E-state index in [-0.39, 0.29) is 23.6 Å². The van der Waals surface area contributed by atoms with E-state index in [1.54, 1.807) is 12.1 Å². The zero-order valence-electron chi connectivity index (χ0n) is 22.9. The molecule has 4 N–H and O–H groups in total.